The number of hydrogen-bond donors (Lipinski definition) is 2. The number of pyridine rings is 1. The molecular weight excluding hydrogens is 374 g/mol. The molecule has 1 aromatic heterocycles. The number of benzene rings is 1. The Bertz CT molecular complexity index is 1130. The molecule has 0 bridgehead atoms. The van der Waals surface area contributed by atoms with Crippen LogP contribution in [0.2, 0.25) is 0 Å². The van der Waals surface area contributed by atoms with E-state index in [-0.39, 0.29) is 18.1 Å². The van der Waals surface area contributed by atoms with Crippen LogP contribution in [0.25, 0.3) is 11.1 Å². The zero-order chi connectivity index (χ0) is 20.9. The van der Waals surface area contributed by atoms with Gasteiger partial charge in [-0.25, -0.2) is 0 Å². The molecule has 3 atom stereocenters. The molecule has 3 aliphatic rings. The van der Waals surface area contributed by atoms with Crippen molar-refractivity contribution in [3.8, 4) is 11.1 Å². The van der Waals surface area contributed by atoms with E-state index in [0.29, 0.717) is 0 Å². The standard InChI is InChI=1S/C24H25N5O/c1-4-24(18-7-5-6-16(12-18)17-8-9-25-14(2)10-17)19-13-26-29-22(19)28-20-11-15(3)27-23(30)21(20)24/h5-10,12-13,15,22,28H,4,11H2,1-3H3,(H,27,30)/t15-,22?,24-/m0/s1. The summed E-state index contributed by atoms with van der Waals surface area (Å²) in [6, 6.07) is 12.7. The van der Waals surface area contributed by atoms with Crippen LogP contribution >= 0.6 is 0 Å². The molecule has 0 saturated carbocycles. The van der Waals surface area contributed by atoms with E-state index in [1.165, 1.54) is 0 Å². The maximum atomic E-state index is 13.3. The fourth-order valence-corrected chi connectivity index (χ4v) is 5.11. The maximum absolute atomic E-state index is 13.3. The minimum Gasteiger partial charge on any atom is -0.362 e. The van der Waals surface area contributed by atoms with Crippen molar-refractivity contribution in [1.29, 1.82) is 0 Å². The van der Waals surface area contributed by atoms with Crippen LogP contribution in [0.15, 0.2) is 75.9 Å². The second-order valence-electron chi connectivity index (χ2n) is 8.32. The number of hydrogen-bond acceptors (Lipinski definition) is 5. The third-order valence-electron chi connectivity index (χ3n) is 6.44. The van der Waals surface area contributed by atoms with E-state index < -0.39 is 5.41 Å². The van der Waals surface area contributed by atoms with Gasteiger partial charge in [0.2, 0.25) is 5.91 Å². The molecule has 0 saturated heterocycles. The van der Waals surface area contributed by atoms with Crippen LogP contribution in [-0.2, 0) is 10.2 Å². The van der Waals surface area contributed by atoms with Gasteiger partial charge in [0.05, 0.1) is 17.2 Å². The molecule has 4 heterocycles. The first-order valence-electron chi connectivity index (χ1n) is 10.5. The topological polar surface area (TPSA) is 78.7 Å². The quantitative estimate of drug-likeness (QED) is 0.814. The van der Waals surface area contributed by atoms with Gasteiger partial charge in [0.15, 0.2) is 6.17 Å². The highest BCUT2D eigenvalue weighted by atomic mass is 16.1. The Kier molecular flexibility index (Phi) is 4.31. The largest absolute Gasteiger partial charge is 0.362 e. The van der Waals surface area contributed by atoms with Gasteiger partial charge in [-0.2, -0.15) is 10.2 Å². The Hall–Kier alpha value is -3.28. The maximum Gasteiger partial charge on any atom is 0.250 e. The molecule has 30 heavy (non-hydrogen) atoms. The molecule has 152 valence electrons. The van der Waals surface area contributed by atoms with Crippen LogP contribution in [0.3, 0.4) is 0 Å². The molecule has 1 aromatic carbocycles. The summed E-state index contributed by atoms with van der Waals surface area (Å²) in [7, 11) is 0. The second-order valence-corrected chi connectivity index (χ2v) is 8.32. The fraction of sp³-hybridized carbons (Fsp3) is 0.333. The lowest BCUT2D eigenvalue weighted by Gasteiger charge is -2.46. The Morgan fingerprint density at radius 1 is 1.17 bits per heavy atom. The minimum atomic E-state index is -0.558. The lowest BCUT2D eigenvalue weighted by atomic mass is 9.62. The van der Waals surface area contributed by atoms with Gasteiger partial charge in [-0.05, 0) is 55.2 Å². The molecule has 0 aliphatic carbocycles. The third kappa shape index (κ3) is 2.70. The predicted octanol–water partition coefficient (Wildman–Crippen LogP) is 4.15. The molecular formula is C24H25N5O. The normalized spacial score (nSPS) is 27.2. The predicted molar refractivity (Wildman–Crippen MR) is 115 cm³/mol. The number of fused-ring (bicyclic) bond motifs is 1. The number of azo groups is 1. The summed E-state index contributed by atoms with van der Waals surface area (Å²) in [6.07, 6.45) is 4.97. The molecule has 3 aliphatic heterocycles. The lowest BCUT2D eigenvalue weighted by molar-refractivity contribution is -0.119. The molecule has 1 amide bonds. The number of amides is 1. The Morgan fingerprint density at radius 2 is 2.00 bits per heavy atom. The highest BCUT2D eigenvalue weighted by molar-refractivity contribution is 5.99. The first-order valence-corrected chi connectivity index (χ1v) is 10.5. The van der Waals surface area contributed by atoms with E-state index in [1.807, 2.05) is 32.3 Å². The number of aromatic nitrogens is 1. The van der Waals surface area contributed by atoms with Gasteiger partial charge in [0.1, 0.15) is 0 Å². The summed E-state index contributed by atoms with van der Waals surface area (Å²) in [6.45, 7) is 6.17. The van der Waals surface area contributed by atoms with Crippen molar-refractivity contribution in [3.63, 3.8) is 0 Å². The third-order valence-corrected chi connectivity index (χ3v) is 6.44. The monoisotopic (exact) mass is 399 g/mol. The zero-order valence-electron chi connectivity index (χ0n) is 17.4. The zero-order valence-corrected chi connectivity index (χ0v) is 17.4. The summed E-state index contributed by atoms with van der Waals surface area (Å²) in [5.74, 6) is -0.00508. The average Bonchev–Trinajstić information content (AvgIpc) is 3.21. The summed E-state index contributed by atoms with van der Waals surface area (Å²) in [4.78, 5) is 17.6. The summed E-state index contributed by atoms with van der Waals surface area (Å²) >= 11 is 0. The molecule has 1 unspecified atom stereocenters. The smallest absolute Gasteiger partial charge is 0.250 e. The van der Waals surface area contributed by atoms with Gasteiger partial charge >= 0.3 is 0 Å². The number of carbonyl (C=O) groups excluding carboxylic acids is 1. The first-order chi connectivity index (χ1) is 14.5. The molecule has 6 nitrogen and oxygen atoms in total. The Morgan fingerprint density at radius 3 is 2.80 bits per heavy atom. The van der Waals surface area contributed by atoms with Crippen molar-refractivity contribution < 1.29 is 4.79 Å². The summed E-state index contributed by atoms with van der Waals surface area (Å²) in [5.41, 5.74) is 6.58. The Balaban J connectivity index is 1.73. The van der Waals surface area contributed by atoms with Crippen LogP contribution in [-0.4, -0.2) is 23.1 Å². The molecule has 2 N–H and O–H groups in total. The van der Waals surface area contributed by atoms with Gasteiger partial charge in [-0.3, -0.25) is 9.78 Å². The molecule has 0 spiro atoms. The van der Waals surface area contributed by atoms with Crippen molar-refractivity contribution in [1.82, 2.24) is 15.6 Å². The second kappa shape index (κ2) is 6.90. The lowest BCUT2D eigenvalue weighted by Crippen LogP contribution is -2.55. The van der Waals surface area contributed by atoms with Crippen LogP contribution in [0.1, 0.15) is 37.9 Å². The fourth-order valence-electron chi connectivity index (χ4n) is 5.11. The van der Waals surface area contributed by atoms with E-state index >= 15 is 0 Å². The number of carbonyl (C=O) groups is 1. The van der Waals surface area contributed by atoms with Crippen LogP contribution in [0.5, 0.6) is 0 Å². The van der Waals surface area contributed by atoms with E-state index in [1.54, 1.807) is 0 Å². The number of nitrogens with zero attached hydrogens (tertiary/aromatic N) is 3. The van der Waals surface area contributed by atoms with E-state index in [2.05, 4.69) is 63.1 Å². The average molecular weight is 399 g/mol. The van der Waals surface area contributed by atoms with Crippen molar-refractivity contribution in [2.45, 2.75) is 51.2 Å². The van der Waals surface area contributed by atoms with Gasteiger partial charge in [0, 0.05) is 35.6 Å². The van der Waals surface area contributed by atoms with E-state index in [4.69, 9.17) is 0 Å². The van der Waals surface area contributed by atoms with Gasteiger partial charge in [0.25, 0.3) is 0 Å². The molecule has 2 aromatic rings. The number of aryl methyl sites for hydroxylation is 1. The molecule has 6 heteroatoms. The minimum absolute atomic E-state index is 0.00508. The highest BCUT2D eigenvalue weighted by Gasteiger charge is 2.51. The van der Waals surface area contributed by atoms with Crippen molar-refractivity contribution in [2.75, 3.05) is 0 Å². The van der Waals surface area contributed by atoms with Crippen LogP contribution in [0, 0.1) is 6.92 Å². The first kappa shape index (κ1) is 18.7. The van der Waals surface area contributed by atoms with Crippen molar-refractivity contribution >= 4 is 5.91 Å². The molecule has 0 radical (unpaired) electrons. The number of rotatable bonds is 3. The van der Waals surface area contributed by atoms with Gasteiger partial charge < -0.3 is 10.6 Å². The van der Waals surface area contributed by atoms with Gasteiger partial charge in [-0.1, -0.05) is 25.1 Å². The highest BCUT2D eigenvalue weighted by Crippen LogP contribution is 2.50. The molecule has 0 fully saturated rings. The summed E-state index contributed by atoms with van der Waals surface area (Å²) < 4.78 is 0. The number of nitrogens with one attached hydrogen (secondary N) is 2. The van der Waals surface area contributed by atoms with E-state index in [9.17, 15) is 4.79 Å². The van der Waals surface area contributed by atoms with Crippen LogP contribution in [0.4, 0.5) is 0 Å². The Labute approximate surface area is 176 Å². The van der Waals surface area contributed by atoms with Crippen LogP contribution < -0.4 is 10.6 Å². The van der Waals surface area contributed by atoms with Gasteiger partial charge in [-0.15, -0.1) is 0 Å². The van der Waals surface area contributed by atoms with Crippen molar-refractivity contribution in [3.05, 3.63) is 76.9 Å². The van der Waals surface area contributed by atoms with E-state index in [0.717, 1.165) is 52.1 Å². The summed E-state index contributed by atoms with van der Waals surface area (Å²) in [5, 5.41) is 15.2. The molecule has 5 rings (SSSR count). The van der Waals surface area contributed by atoms with Crippen molar-refractivity contribution in [2.24, 2.45) is 10.2 Å². The SMILES string of the molecule is CC[C@]1(c2cccc(-c3ccnc(C)c3)c2)C2=CN=NC2NC2=C1C(=O)N[C@@H](C)C2.